The Kier molecular flexibility index (Phi) is 6.51. The molecule has 1 aromatic carbocycles. The van der Waals surface area contributed by atoms with E-state index in [-0.39, 0.29) is 0 Å². The van der Waals surface area contributed by atoms with E-state index in [4.69, 9.17) is 11.6 Å². The molecular weight excluding hydrogens is 244 g/mol. The number of halogens is 1. The van der Waals surface area contributed by atoms with Crippen LogP contribution in [-0.4, -0.2) is 20.1 Å². The molecule has 0 unspecified atom stereocenters. The van der Waals surface area contributed by atoms with E-state index < -0.39 is 0 Å². The number of nitrogens with zero attached hydrogens (tertiary/aromatic N) is 1. The second-order valence-corrected chi connectivity index (χ2v) is 5.54. The Balaban J connectivity index is 2.83. The Morgan fingerprint density at radius 2 is 2.06 bits per heavy atom. The average molecular weight is 269 g/mol. The molecular formula is C15H25ClN2. The van der Waals surface area contributed by atoms with Gasteiger partial charge in [-0.15, -0.1) is 0 Å². The van der Waals surface area contributed by atoms with Crippen molar-refractivity contribution in [3.63, 3.8) is 0 Å². The molecule has 0 heterocycles. The van der Waals surface area contributed by atoms with Crippen LogP contribution in [0.5, 0.6) is 0 Å². The van der Waals surface area contributed by atoms with Crippen LogP contribution in [0.25, 0.3) is 0 Å². The molecule has 0 fully saturated rings. The van der Waals surface area contributed by atoms with E-state index in [0.29, 0.717) is 5.92 Å². The van der Waals surface area contributed by atoms with Gasteiger partial charge >= 0.3 is 0 Å². The van der Waals surface area contributed by atoms with Gasteiger partial charge in [0.1, 0.15) is 0 Å². The molecule has 18 heavy (non-hydrogen) atoms. The zero-order chi connectivity index (χ0) is 13.5. The average Bonchev–Trinajstić information content (AvgIpc) is 2.33. The lowest BCUT2D eigenvalue weighted by Crippen LogP contribution is -2.23. The van der Waals surface area contributed by atoms with E-state index >= 15 is 0 Å². The summed E-state index contributed by atoms with van der Waals surface area (Å²) in [5.74, 6) is 0.715. The van der Waals surface area contributed by atoms with Gasteiger partial charge in [-0.25, -0.2) is 0 Å². The Hall–Kier alpha value is -0.730. The highest BCUT2D eigenvalue weighted by atomic mass is 35.5. The number of para-hydroxylation sites is 1. The molecule has 0 radical (unpaired) electrons. The van der Waals surface area contributed by atoms with Crippen molar-refractivity contribution in [2.45, 2.75) is 33.7 Å². The lowest BCUT2D eigenvalue weighted by molar-refractivity contribution is 0.584. The highest BCUT2D eigenvalue weighted by Crippen LogP contribution is 2.29. The van der Waals surface area contributed by atoms with Crippen molar-refractivity contribution in [2.75, 3.05) is 25.0 Å². The standard InChI is InChI=1S/C15H25ClN2/c1-5-17-11-13-7-6-8-14(16)15(13)18(4)10-9-12(2)3/h6-8,12,17H,5,9-11H2,1-4H3. The maximum Gasteiger partial charge on any atom is 0.0642 e. The van der Waals surface area contributed by atoms with Gasteiger partial charge in [0.2, 0.25) is 0 Å². The van der Waals surface area contributed by atoms with Gasteiger partial charge < -0.3 is 10.2 Å². The summed E-state index contributed by atoms with van der Waals surface area (Å²) >= 11 is 6.35. The molecule has 0 atom stereocenters. The first-order valence-corrected chi connectivity index (χ1v) is 7.13. The van der Waals surface area contributed by atoms with E-state index in [9.17, 15) is 0 Å². The number of rotatable bonds is 7. The van der Waals surface area contributed by atoms with E-state index in [0.717, 1.165) is 24.7 Å². The summed E-state index contributed by atoms with van der Waals surface area (Å²) in [6.45, 7) is 9.51. The first-order valence-electron chi connectivity index (χ1n) is 6.75. The molecule has 0 spiro atoms. The van der Waals surface area contributed by atoms with Gasteiger partial charge in [0.15, 0.2) is 0 Å². The number of hydrogen-bond donors (Lipinski definition) is 1. The third-order valence-corrected chi connectivity index (χ3v) is 3.36. The number of benzene rings is 1. The predicted octanol–water partition coefficient (Wildman–Crippen LogP) is 3.93. The fraction of sp³-hybridized carbons (Fsp3) is 0.600. The molecule has 102 valence electrons. The van der Waals surface area contributed by atoms with Gasteiger partial charge in [0, 0.05) is 20.1 Å². The van der Waals surface area contributed by atoms with Gasteiger partial charge in [0.25, 0.3) is 0 Å². The Labute approximate surface area is 116 Å². The van der Waals surface area contributed by atoms with Gasteiger partial charge in [-0.1, -0.05) is 44.5 Å². The molecule has 2 nitrogen and oxygen atoms in total. The molecule has 0 amide bonds. The molecule has 0 aliphatic carbocycles. The smallest absolute Gasteiger partial charge is 0.0642 e. The molecule has 3 heteroatoms. The van der Waals surface area contributed by atoms with Crippen molar-refractivity contribution >= 4 is 17.3 Å². The minimum atomic E-state index is 0.715. The van der Waals surface area contributed by atoms with Crippen LogP contribution in [0.1, 0.15) is 32.8 Å². The molecule has 0 aliphatic rings. The van der Waals surface area contributed by atoms with Gasteiger partial charge in [-0.05, 0) is 30.5 Å². The summed E-state index contributed by atoms with van der Waals surface area (Å²) in [4.78, 5) is 2.27. The van der Waals surface area contributed by atoms with E-state index in [1.807, 2.05) is 12.1 Å². The van der Waals surface area contributed by atoms with Crippen LogP contribution in [0, 0.1) is 5.92 Å². The van der Waals surface area contributed by atoms with Crippen molar-refractivity contribution in [3.8, 4) is 0 Å². The van der Waals surface area contributed by atoms with Gasteiger partial charge in [-0.2, -0.15) is 0 Å². The third kappa shape index (κ3) is 4.51. The summed E-state index contributed by atoms with van der Waals surface area (Å²) in [6, 6.07) is 6.14. The lowest BCUT2D eigenvalue weighted by atomic mass is 10.1. The Bertz CT molecular complexity index is 364. The number of anilines is 1. The van der Waals surface area contributed by atoms with Crippen molar-refractivity contribution in [3.05, 3.63) is 28.8 Å². The summed E-state index contributed by atoms with van der Waals surface area (Å²) in [5, 5.41) is 4.21. The summed E-state index contributed by atoms with van der Waals surface area (Å²) in [7, 11) is 2.12. The quantitative estimate of drug-likeness (QED) is 0.806. The maximum atomic E-state index is 6.35. The van der Waals surface area contributed by atoms with Crippen molar-refractivity contribution in [2.24, 2.45) is 5.92 Å². The van der Waals surface area contributed by atoms with E-state index in [2.05, 4.69) is 44.1 Å². The van der Waals surface area contributed by atoms with E-state index in [1.54, 1.807) is 0 Å². The molecule has 1 aromatic rings. The minimum Gasteiger partial charge on any atom is -0.373 e. The predicted molar refractivity (Wildman–Crippen MR) is 81.6 cm³/mol. The normalized spacial score (nSPS) is 11.0. The first-order chi connectivity index (χ1) is 8.56. The van der Waals surface area contributed by atoms with Crippen LogP contribution in [0.4, 0.5) is 5.69 Å². The highest BCUT2D eigenvalue weighted by molar-refractivity contribution is 6.33. The zero-order valence-corrected chi connectivity index (χ0v) is 12.7. The van der Waals surface area contributed by atoms with Crippen molar-refractivity contribution in [1.29, 1.82) is 0 Å². The second kappa shape index (κ2) is 7.65. The number of hydrogen-bond acceptors (Lipinski definition) is 2. The Morgan fingerprint density at radius 3 is 2.67 bits per heavy atom. The second-order valence-electron chi connectivity index (χ2n) is 5.13. The molecule has 0 aliphatic heterocycles. The molecule has 0 bridgehead atoms. The molecule has 1 rings (SSSR count). The highest BCUT2D eigenvalue weighted by Gasteiger charge is 2.11. The van der Waals surface area contributed by atoms with Gasteiger partial charge in [0.05, 0.1) is 10.7 Å². The van der Waals surface area contributed by atoms with Crippen molar-refractivity contribution in [1.82, 2.24) is 5.32 Å². The largest absolute Gasteiger partial charge is 0.373 e. The van der Waals surface area contributed by atoms with Crippen LogP contribution < -0.4 is 10.2 Å². The summed E-state index contributed by atoms with van der Waals surface area (Å²) in [6.07, 6.45) is 1.18. The van der Waals surface area contributed by atoms with Gasteiger partial charge in [-0.3, -0.25) is 0 Å². The number of nitrogens with one attached hydrogen (secondary N) is 1. The summed E-state index contributed by atoms with van der Waals surface area (Å²) < 4.78 is 0. The molecule has 0 saturated carbocycles. The van der Waals surface area contributed by atoms with Crippen molar-refractivity contribution < 1.29 is 0 Å². The zero-order valence-electron chi connectivity index (χ0n) is 12.0. The molecule has 0 aromatic heterocycles. The fourth-order valence-electron chi connectivity index (χ4n) is 1.95. The maximum absolute atomic E-state index is 6.35. The molecule has 1 N–H and O–H groups in total. The van der Waals surface area contributed by atoms with Crippen LogP contribution in [0.2, 0.25) is 5.02 Å². The first kappa shape index (κ1) is 15.3. The third-order valence-electron chi connectivity index (χ3n) is 3.06. The van der Waals surface area contributed by atoms with Crippen LogP contribution in [-0.2, 0) is 6.54 Å². The topological polar surface area (TPSA) is 15.3 Å². The van der Waals surface area contributed by atoms with Crippen LogP contribution in [0.3, 0.4) is 0 Å². The van der Waals surface area contributed by atoms with Crippen LogP contribution >= 0.6 is 11.6 Å². The fourth-order valence-corrected chi connectivity index (χ4v) is 2.29. The SMILES string of the molecule is CCNCc1cccc(Cl)c1N(C)CCC(C)C. The monoisotopic (exact) mass is 268 g/mol. The molecule has 0 saturated heterocycles. The lowest BCUT2D eigenvalue weighted by Gasteiger charge is -2.24. The summed E-state index contributed by atoms with van der Waals surface area (Å²) in [5.41, 5.74) is 2.44. The minimum absolute atomic E-state index is 0.715. The Morgan fingerprint density at radius 1 is 1.33 bits per heavy atom. The van der Waals surface area contributed by atoms with Crippen LogP contribution in [0.15, 0.2) is 18.2 Å². The van der Waals surface area contributed by atoms with E-state index in [1.165, 1.54) is 17.7 Å².